The minimum atomic E-state index is -0.474. The summed E-state index contributed by atoms with van der Waals surface area (Å²) >= 11 is 0. The third-order valence-electron chi connectivity index (χ3n) is 3.99. The molecule has 6 heteroatoms. The van der Waals surface area contributed by atoms with E-state index in [-0.39, 0.29) is 18.9 Å². The lowest BCUT2D eigenvalue weighted by molar-refractivity contribution is -0.146. The fraction of sp³-hybridized carbons (Fsp3) is 0.300. The molecule has 1 heterocycles. The van der Waals surface area contributed by atoms with Crippen LogP contribution in [0.2, 0.25) is 0 Å². The molecule has 0 saturated heterocycles. The van der Waals surface area contributed by atoms with E-state index in [1.165, 1.54) is 0 Å². The summed E-state index contributed by atoms with van der Waals surface area (Å²) in [6, 6.07) is 11.1. The second-order valence-electron chi connectivity index (χ2n) is 6.18. The summed E-state index contributed by atoms with van der Waals surface area (Å²) in [7, 11) is 0. The zero-order chi connectivity index (χ0) is 18.5. The number of carbonyl (C=O) groups excluding carboxylic acids is 2. The maximum absolute atomic E-state index is 12.0. The van der Waals surface area contributed by atoms with Gasteiger partial charge < -0.3 is 19.5 Å². The molecular formula is C20H21NO5. The van der Waals surface area contributed by atoms with Crippen molar-refractivity contribution in [2.24, 2.45) is 0 Å². The van der Waals surface area contributed by atoms with Crippen LogP contribution >= 0.6 is 0 Å². The number of nitrogens with one attached hydrogen (secondary N) is 1. The number of hydrogen-bond acceptors (Lipinski definition) is 5. The number of esters is 1. The van der Waals surface area contributed by atoms with Gasteiger partial charge in [-0.05, 0) is 48.7 Å². The molecule has 0 fully saturated rings. The maximum atomic E-state index is 12.0. The molecule has 0 unspecified atom stereocenters. The normalized spacial score (nSPS) is 12.4. The first-order chi connectivity index (χ1) is 12.5. The molecule has 0 aliphatic carbocycles. The standard InChI is InChI=1S/C20H21NO5/c1-13-3-4-14(2)16(9-13)21-19(22)12-26-20(23)11-15-5-6-17-18(10-15)25-8-7-24-17/h3-6,9-10H,7-8,11-12H2,1-2H3,(H,21,22). The monoisotopic (exact) mass is 355 g/mol. The van der Waals surface area contributed by atoms with Crippen LogP contribution in [0, 0.1) is 13.8 Å². The van der Waals surface area contributed by atoms with E-state index < -0.39 is 5.97 Å². The van der Waals surface area contributed by atoms with E-state index in [1.54, 1.807) is 18.2 Å². The summed E-state index contributed by atoms with van der Waals surface area (Å²) in [5.41, 5.74) is 3.46. The largest absolute Gasteiger partial charge is 0.486 e. The molecule has 0 bridgehead atoms. The van der Waals surface area contributed by atoms with Gasteiger partial charge in [0.05, 0.1) is 6.42 Å². The van der Waals surface area contributed by atoms with Gasteiger partial charge in [0.25, 0.3) is 5.91 Å². The fourth-order valence-corrected chi connectivity index (χ4v) is 2.62. The van der Waals surface area contributed by atoms with Crippen molar-refractivity contribution in [2.45, 2.75) is 20.3 Å². The topological polar surface area (TPSA) is 73.9 Å². The highest BCUT2D eigenvalue weighted by molar-refractivity contribution is 5.93. The quantitative estimate of drug-likeness (QED) is 0.835. The van der Waals surface area contributed by atoms with Gasteiger partial charge in [0.15, 0.2) is 18.1 Å². The number of hydrogen-bond donors (Lipinski definition) is 1. The van der Waals surface area contributed by atoms with E-state index in [4.69, 9.17) is 14.2 Å². The second kappa shape index (κ2) is 7.91. The number of fused-ring (bicyclic) bond motifs is 1. The van der Waals surface area contributed by atoms with E-state index in [0.29, 0.717) is 24.7 Å². The van der Waals surface area contributed by atoms with E-state index in [0.717, 1.165) is 22.4 Å². The summed E-state index contributed by atoms with van der Waals surface area (Å²) in [5.74, 6) is 0.447. The molecule has 0 radical (unpaired) electrons. The molecule has 1 aliphatic rings. The molecule has 3 rings (SSSR count). The number of benzene rings is 2. The van der Waals surface area contributed by atoms with Gasteiger partial charge in [-0.25, -0.2) is 0 Å². The van der Waals surface area contributed by atoms with Gasteiger partial charge >= 0.3 is 5.97 Å². The summed E-state index contributed by atoms with van der Waals surface area (Å²) in [5, 5.41) is 2.76. The summed E-state index contributed by atoms with van der Waals surface area (Å²) < 4.78 is 16.0. The van der Waals surface area contributed by atoms with E-state index in [2.05, 4.69) is 5.32 Å². The van der Waals surface area contributed by atoms with Crippen molar-refractivity contribution in [3.05, 3.63) is 53.1 Å². The number of carbonyl (C=O) groups is 2. The first-order valence-electron chi connectivity index (χ1n) is 8.42. The minimum Gasteiger partial charge on any atom is -0.486 e. The molecule has 26 heavy (non-hydrogen) atoms. The number of ether oxygens (including phenoxy) is 3. The van der Waals surface area contributed by atoms with Crippen LogP contribution in [-0.4, -0.2) is 31.7 Å². The van der Waals surface area contributed by atoms with Crippen LogP contribution in [0.25, 0.3) is 0 Å². The Kier molecular flexibility index (Phi) is 5.41. The molecule has 2 aromatic rings. The van der Waals surface area contributed by atoms with Gasteiger partial charge in [0.1, 0.15) is 13.2 Å². The number of amides is 1. The van der Waals surface area contributed by atoms with Gasteiger partial charge in [-0.1, -0.05) is 18.2 Å². The van der Waals surface area contributed by atoms with Crippen LogP contribution in [0.3, 0.4) is 0 Å². The molecule has 136 valence electrons. The Morgan fingerprint density at radius 1 is 1.04 bits per heavy atom. The number of aryl methyl sites for hydroxylation is 2. The van der Waals surface area contributed by atoms with Crippen LogP contribution in [0.5, 0.6) is 11.5 Å². The van der Waals surface area contributed by atoms with Gasteiger partial charge in [-0.2, -0.15) is 0 Å². The molecule has 0 spiro atoms. The van der Waals surface area contributed by atoms with Crippen molar-refractivity contribution in [2.75, 3.05) is 25.1 Å². The molecule has 1 N–H and O–H groups in total. The van der Waals surface area contributed by atoms with Crippen LogP contribution in [-0.2, 0) is 20.7 Å². The molecule has 1 aliphatic heterocycles. The van der Waals surface area contributed by atoms with Gasteiger partial charge in [0.2, 0.25) is 0 Å². The zero-order valence-electron chi connectivity index (χ0n) is 14.8. The van der Waals surface area contributed by atoms with Crippen molar-refractivity contribution in [3.8, 4) is 11.5 Å². The zero-order valence-corrected chi connectivity index (χ0v) is 14.8. The molecule has 2 aromatic carbocycles. The molecule has 0 aromatic heterocycles. The van der Waals surface area contributed by atoms with Crippen molar-refractivity contribution < 1.29 is 23.8 Å². The first kappa shape index (κ1) is 17.8. The molecule has 0 saturated carbocycles. The summed E-state index contributed by atoms with van der Waals surface area (Å²) in [6.45, 7) is 4.53. The molecule has 1 amide bonds. The average Bonchev–Trinajstić information content (AvgIpc) is 2.63. The Morgan fingerprint density at radius 2 is 1.81 bits per heavy atom. The maximum Gasteiger partial charge on any atom is 0.310 e. The highest BCUT2D eigenvalue weighted by Crippen LogP contribution is 2.30. The minimum absolute atomic E-state index is 0.0629. The van der Waals surface area contributed by atoms with Crippen LogP contribution in [0.15, 0.2) is 36.4 Å². The Hall–Kier alpha value is -3.02. The average molecular weight is 355 g/mol. The number of anilines is 1. The Bertz CT molecular complexity index is 831. The SMILES string of the molecule is Cc1ccc(C)c(NC(=O)COC(=O)Cc2ccc3c(c2)OCCO3)c1. The van der Waals surface area contributed by atoms with Crippen molar-refractivity contribution >= 4 is 17.6 Å². The van der Waals surface area contributed by atoms with E-state index in [1.807, 2.05) is 32.0 Å². The van der Waals surface area contributed by atoms with E-state index >= 15 is 0 Å². The fourth-order valence-electron chi connectivity index (χ4n) is 2.62. The molecular weight excluding hydrogens is 334 g/mol. The molecule has 0 atom stereocenters. The summed E-state index contributed by atoms with van der Waals surface area (Å²) in [6.07, 6.45) is 0.0629. The third-order valence-corrected chi connectivity index (χ3v) is 3.99. The van der Waals surface area contributed by atoms with Crippen molar-refractivity contribution in [1.82, 2.24) is 0 Å². The second-order valence-corrected chi connectivity index (χ2v) is 6.18. The van der Waals surface area contributed by atoms with Crippen molar-refractivity contribution in [1.29, 1.82) is 0 Å². The predicted molar refractivity (Wildman–Crippen MR) is 96.6 cm³/mol. The lowest BCUT2D eigenvalue weighted by Crippen LogP contribution is -2.22. The lowest BCUT2D eigenvalue weighted by atomic mass is 10.1. The highest BCUT2D eigenvalue weighted by Gasteiger charge is 2.14. The van der Waals surface area contributed by atoms with E-state index in [9.17, 15) is 9.59 Å². The number of rotatable bonds is 5. The summed E-state index contributed by atoms with van der Waals surface area (Å²) in [4.78, 5) is 24.0. The predicted octanol–water partition coefficient (Wildman–Crippen LogP) is 2.80. The third kappa shape index (κ3) is 4.53. The van der Waals surface area contributed by atoms with Crippen LogP contribution in [0.4, 0.5) is 5.69 Å². The molecule has 6 nitrogen and oxygen atoms in total. The van der Waals surface area contributed by atoms with Crippen molar-refractivity contribution in [3.63, 3.8) is 0 Å². The van der Waals surface area contributed by atoms with Gasteiger partial charge in [-0.15, -0.1) is 0 Å². The Labute approximate surface area is 152 Å². The lowest BCUT2D eigenvalue weighted by Gasteiger charge is -2.18. The van der Waals surface area contributed by atoms with Crippen LogP contribution in [0.1, 0.15) is 16.7 Å². The Morgan fingerprint density at radius 3 is 2.62 bits per heavy atom. The Balaban J connectivity index is 1.50. The highest BCUT2D eigenvalue weighted by atomic mass is 16.6. The smallest absolute Gasteiger partial charge is 0.310 e. The van der Waals surface area contributed by atoms with Gasteiger partial charge in [0, 0.05) is 5.69 Å². The van der Waals surface area contributed by atoms with Crippen LogP contribution < -0.4 is 14.8 Å². The van der Waals surface area contributed by atoms with Gasteiger partial charge in [-0.3, -0.25) is 9.59 Å². The first-order valence-corrected chi connectivity index (χ1v) is 8.42.